The molecule has 1 amide bonds. The summed E-state index contributed by atoms with van der Waals surface area (Å²) in [7, 11) is 0. The van der Waals surface area contributed by atoms with Gasteiger partial charge in [0.1, 0.15) is 0 Å². The maximum absolute atomic E-state index is 11.3. The highest BCUT2D eigenvalue weighted by Crippen LogP contribution is 2.18. The molecular formula is C13H25NO2S. The molecule has 100 valence electrons. The van der Waals surface area contributed by atoms with Gasteiger partial charge in [-0.2, -0.15) is 12.6 Å². The number of thiol groups is 1. The molecule has 0 aliphatic carbocycles. The Bertz CT molecular complexity index is 265. The minimum Gasteiger partial charge on any atom is -0.333 e. The van der Waals surface area contributed by atoms with Gasteiger partial charge < -0.3 is 4.90 Å². The van der Waals surface area contributed by atoms with Gasteiger partial charge in [-0.3, -0.25) is 9.59 Å². The van der Waals surface area contributed by atoms with E-state index in [9.17, 15) is 9.59 Å². The molecule has 4 heteroatoms. The van der Waals surface area contributed by atoms with Crippen LogP contribution in [0.3, 0.4) is 0 Å². The summed E-state index contributed by atoms with van der Waals surface area (Å²) < 4.78 is 0.194. The van der Waals surface area contributed by atoms with Crippen molar-refractivity contribution >= 4 is 24.3 Å². The number of likely N-dealkylation sites (tertiary alicyclic amines) is 1. The first-order chi connectivity index (χ1) is 7.66. The van der Waals surface area contributed by atoms with E-state index in [1.165, 1.54) is 0 Å². The zero-order chi connectivity index (χ0) is 13.6. The lowest BCUT2D eigenvalue weighted by molar-refractivity contribution is -0.136. The number of carbonyl (C=O) groups is 2. The van der Waals surface area contributed by atoms with Crippen molar-refractivity contribution in [2.24, 2.45) is 0 Å². The quantitative estimate of drug-likeness (QED) is 0.774. The van der Waals surface area contributed by atoms with Crippen LogP contribution < -0.4 is 0 Å². The second kappa shape index (κ2) is 7.04. The Hall–Kier alpha value is -0.510. The number of hydrogen-bond acceptors (Lipinski definition) is 3. The normalized spacial score (nSPS) is 19.6. The smallest absolute Gasteiger partial charge is 0.222 e. The fourth-order valence-electron chi connectivity index (χ4n) is 1.69. The highest BCUT2D eigenvalue weighted by Gasteiger charge is 2.30. The van der Waals surface area contributed by atoms with Gasteiger partial charge >= 0.3 is 0 Å². The van der Waals surface area contributed by atoms with Crippen molar-refractivity contribution in [2.75, 3.05) is 6.54 Å². The van der Waals surface area contributed by atoms with Gasteiger partial charge in [-0.25, -0.2) is 0 Å². The molecule has 1 saturated heterocycles. The van der Waals surface area contributed by atoms with Crippen LogP contribution >= 0.6 is 12.6 Å². The summed E-state index contributed by atoms with van der Waals surface area (Å²) in [5.41, 5.74) is 0. The van der Waals surface area contributed by atoms with Gasteiger partial charge in [0.15, 0.2) is 5.78 Å². The number of ketones is 1. The minimum absolute atomic E-state index is 0.104. The molecule has 3 nitrogen and oxygen atoms in total. The van der Waals surface area contributed by atoms with Crippen molar-refractivity contribution in [3.63, 3.8) is 0 Å². The highest BCUT2D eigenvalue weighted by atomic mass is 32.1. The second-order valence-corrected chi connectivity index (χ2v) is 6.72. The third kappa shape index (κ3) is 7.42. The first-order valence-electron chi connectivity index (χ1n) is 6.19. The monoisotopic (exact) mass is 259 g/mol. The van der Waals surface area contributed by atoms with Crippen molar-refractivity contribution in [2.45, 2.75) is 64.7 Å². The molecule has 1 unspecified atom stereocenters. The fourth-order valence-corrected chi connectivity index (χ4v) is 1.69. The molecule has 0 bridgehead atoms. The van der Waals surface area contributed by atoms with E-state index in [-0.39, 0.29) is 22.5 Å². The first-order valence-corrected chi connectivity index (χ1v) is 6.63. The average molecular weight is 259 g/mol. The molecule has 1 heterocycles. The van der Waals surface area contributed by atoms with Crippen LogP contribution in [-0.2, 0) is 9.59 Å². The van der Waals surface area contributed by atoms with Crippen LogP contribution in [0.25, 0.3) is 0 Å². The molecular weight excluding hydrogens is 234 g/mol. The lowest BCUT2D eigenvalue weighted by Gasteiger charge is -2.21. The van der Waals surface area contributed by atoms with Crippen LogP contribution in [0, 0.1) is 0 Å². The predicted molar refractivity (Wildman–Crippen MR) is 74.4 cm³/mol. The van der Waals surface area contributed by atoms with Crippen molar-refractivity contribution in [1.82, 2.24) is 4.90 Å². The Morgan fingerprint density at radius 2 is 1.82 bits per heavy atom. The number of nitrogens with zero attached hydrogens (tertiary/aromatic N) is 1. The van der Waals surface area contributed by atoms with Gasteiger partial charge in [0, 0.05) is 17.7 Å². The van der Waals surface area contributed by atoms with E-state index < -0.39 is 0 Å². The minimum atomic E-state index is -0.127. The van der Waals surface area contributed by atoms with E-state index in [0.29, 0.717) is 6.42 Å². The Balaban J connectivity index is 0.000000437. The number of hydrogen-bond donors (Lipinski definition) is 1. The molecule has 17 heavy (non-hydrogen) atoms. The molecule has 0 aromatic rings. The molecule has 1 aliphatic heterocycles. The molecule has 0 N–H and O–H groups in total. The third-order valence-electron chi connectivity index (χ3n) is 2.34. The van der Waals surface area contributed by atoms with E-state index in [4.69, 9.17) is 0 Å². The summed E-state index contributed by atoms with van der Waals surface area (Å²) in [4.78, 5) is 24.1. The van der Waals surface area contributed by atoms with Crippen LogP contribution in [0.4, 0.5) is 0 Å². The lowest BCUT2D eigenvalue weighted by Crippen LogP contribution is -2.39. The molecule has 0 saturated carbocycles. The molecule has 1 fully saturated rings. The molecule has 1 rings (SSSR count). The number of Topliss-reactive ketones (excluding diaryl/α,β-unsaturated/α-hetero) is 1. The predicted octanol–water partition coefficient (Wildman–Crippen LogP) is 2.69. The summed E-state index contributed by atoms with van der Waals surface area (Å²) >= 11 is 4.12. The zero-order valence-corrected chi connectivity index (χ0v) is 12.5. The Morgan fingerprint density at radius 1 is 1.35 bits per heavy atom. The van der Waals surface area contributed by atoms with Crippen molar-refractivity contribution in [3.05, 3.63) is 0 Å². The number of carbonyl (C=O) groups excluding carboxylic acids is 2. The van der Waals surface area contributed by atoms with E-state index in [1.807, 2.05) is 6.92 Å². The van der Waals surface area contributed by atoms with Gasteiger partial charge in [-0.1, -0.05) is 27.7 Å². The fraction of sp³-hybridized carbons (Fsp3) is 0.846. The summed E-state index contributed by atoms with van der Waals surface area (Å²) in [6, 6.07) is -0.127. The molecule has 0 radical (unpaired) electrons. The molecule has 1 aliphatic rings. The van der Waals surface area contributed by atoms with Gasteiger partial charge in [-0.05, 0) is 19.8 Å². The average Bonchev–Trinajstić information content (AvgIpc) is 2.62. The first kappa shape index (κ1) is 16.5. The lowest BCUT2D eigenvalue weighted by atomic mass is 10.1. The summed E-state index contributed by atoms with van der Waals surface area (Å²) in [5, 5.41) is 0. The van der Waals surface area contributed by atoms with E-state index >= 15 is 0 Å². The van der Waals surface area contributed by atoms with Gasteiger partial charge in [-0.15, -0.1) is 0 Å². The standard InChI is InChI=1S/C9H15NO2.C4H10S/c1-3-9(12)10-6-4-5-8(10)7(2)11;1-4(2,3)5/h8H,3-6H2,1-2H3;5H,1-3H3. The van der Waals surface area contributed by atoms with Crippen molar-refractivity contribution in [3.8, 4) is 0 Å². The zero-order valence-electron chi connectivity index (χ0n) is 11.6. The van der Waals surface area contributed by atoms with E-state index in [0.717, 1.165) is 19.4 Å². The van der Waals surface area contributed by atoms with Crippen LogP contribution in [0.15, 0.2) is 0 Å². The summed E-state index contributed by atoms with van der Waals surface area (Å²) in [6.07, 6.45) is 2.32. The summed E-state index contributed by atoms with van der Waals surface area (Å²) in [5.74, 6) is 0.224. The van der Waals surface area contributed by atoms with Gasteiger partial charge in [0.25, 0.3) is 0 Å². The second-order valence-electron chi connectivity index (χ2n) is 5.38. The Labute approximate surface area is 110 Å². The SMILES string of the molecule is CC(C)(C)S.CCC(=O)N1CCCC1C(C)=O. The van der Waals surface area contributed by atoms with Crippen LogP contribution in [0.1, 0.15) is 53.9 Å². The van der Waals surface area contributed by atoms with E-state index in [1.54, 1.807) is 11.8 Å². The summed E-state index contributed by atoms with van der Waals surface area (Å²) in [6.45, 7) is 10.3. The maximum atomic E-state index is 11.3. The van der Waals surface area contributed by atoms with Gasteiger partial charge in [0.05, 0.1) is 6.04 Å². The number of amides is 1. The third-order valence-corrected chi connectivity index (χ3v) is 2.34. The Morgan fingerprint density at radius 3 is 2.18 bits per heavy atom. The molecule has 0 aromatic carbocycles. The Kier molecular flexibility index (Phi) is 6.83. The van der Waals surface area contributed by atoms with E-state index in [2.05, 4.69) is 33.4 Å². The van der Waals surface area contributed by atoms with Crippen LogP contribution in [-0.4, -0.2) is 33.9 Å². The number of rotatable bonds is 2. The molecule has 0 spiro atoms. The maximum Gasteiger partial charge on any atom is 0.222 e. The van der Waals surface area contributed by atoms with Crippen molar-refractivity contribution < 1.29 is 9.59 Å². The van der Waals surface area contributed by atoms with Crippen LogP contribution in [0.5, 0.6) is 0 Å². The van der Waals surface area contributed by atoms with Gasteiger partial charge in [0.2, 0.25) is 5.91 Å². The molecule has 0 aromatic heterocycles. The highest BCUT2D eigenvalue weighted by molar-refractivity contribution is 7.81. The van der Waals surface area contributed by atoms with Crippen LogP contribution in [0.2, 0.25) is 0 Å². The largest absolute Gasteiger partial charge is 0.333 e. The topological polar surface area (TPSA) is 37.4 Å². The molecule has 1 atom stereocenters. The van der Waals surface area contributed by atoms with Crippen molar-refractivity contribution in [1.29, 1.82) is 0 Å².